The number of thiazole rings is 1. The predicted molar refractivity (Wildman–Crippen MR) is 97.2 cm³/mol. The first-order valence-electron chi connectivity index (χ1n) is 7.51. The van der Waals surface area contributed by atoms with E-state index in [0.717, 1.165) is 22.4 Å². The molecule has 25 heavy (non-hydrogen) atoms. The van der Waals surface area contributed by atoms with Crippen molar-refractivity contribution in [2.45, 2.75) is 0 Å². The Hall–Kier alpha value is -3.12. The van der Waals surface area contributed by atoms with Gasteiger partial charge in [0, 0.05) is 22.4 Å². The van der Waals surface area contributed by atoms with Crippen LogP contribution in [-0.4, -0.2) is 17.2 Å². The SMILES string of the molecule is COc1ccc(-c2csc(-c3cc4ccc(O)cc4oc3=O)n2)cc1. The van der Waals surface area contributed by atoms with Gasteiger partial charge in [-0.3, -0.25) is 0 Å². The molecule has 4 aromatic rings. The predicted octanol–water partition coefficient (Wildman–Crippen LogP) is 4.30. The van der Waals surface area contributed by atoms with E-state index in [2.05, 4.69) is 4.98 Å². The van der Waals surface area contributed by atoms with Gasteiger partial charge in [-0.2, -0.15) is 0 Å². The Bertz CT molecular complexity index is 1110. The number of rotatable bonds is 3. The minimum absolute atomic E-state index is 0.0550. The third kappa shape index (κ3) is 2.88. The molecule has 2 aromatic carbocycles. The Morgan fingerprint density at radius 2 is 1.92 bits per heavy atom. The monoisotopic (exact) mass is 351 g/mol. The Balaban J connectivity index is 1.76. The number of fused-ring (bicyclic) bond motifs is 1. The number of phenolic OH excluding ortho intramolecular Hbond substituents is 1. The minimum atomic E-state index is -0.478. The zero-order chi connectivity index (χ0) is 17.4. The summed E-state index contributed by atoms with van der Waals surface area (Å²) in [7, 11) is 1.62. The lowest BCUT2D eigenvalue weighted by Crippen LogP contribution is -2.02. The van der Waals surface area contributed by atoms with E-state index in [0.29, 0.717) is 16.2 Å². The van der Waals surface area contributed by atoms with Gasteiger partial charge in [0.1, 0.15) is 22.1 Å². The molecule has 2 heterocycles. The smallest absolute Gasteiger partial charge is 0.346 e. The summed E-state index contributed by atoms with van der Waals surface area (Å²) in [6.07, 6.45) is 0. The van der Waals surface area contributed by atoms with Crippen LogP contribution in [0.3, 0.4) is 0 Å². The van der Waals surface area contributed by atoms with Crippen LogP contribution >= 0.6 is 11.3 Å². The maximum Gasteiger partial charge on any atom is 0.346 e. The van der Waals surface area contributed by atoms with Crippen molar-refractivity contribution in [1.82, 2.24) is 4.98 Å². The standard InChI is InChI=1S/C19H13NO4S/c1-23-14-6-3-11(4-7-14)16-10-25-18(20-16)15-8-12-2-5-13(21)9-17(12)24-19(15)22/h2-10,21H,1H3. The molecule has 0 saturated carbocycles. The number of ether oxygens (including phenoxy) is 1. The summed E-state index contributed by atoms with van der Waals surface area (Å²) < 4.78 is 10.5. The van der Waals surface area contributed by atoms with E-state index in [1.165, 1.54) is 17.4 Å². The Morgan fingerprint density at radius 1 is 1.12 bits per heavy atom. The second-order valence-corrected chi connectivity index (χ2v) is 6.29. The molecule has 0 radical (unpaired) electrons. The van der Waals surface area contributed by atoms with E-state index in [9.17, 15) is 9.90 Å². The van der Waals surface area contributed by atoms with E-state index >= 15 is 0 Å². The molecule has 1 N–H and O–H groups in total. The third-order valence-corrected chi connectivity index (χ3v) is 4.72. The summed E-state index contributed by atoms with van der Waals surface area (Å²) in [6, 6.07) is 14.0. The molecule has 6 heteroatoms. The molecule has 0 amide bonds. The van der Waals surface area contributed by atoms with Crippen molar-refractivity contribution in [3.05, 3.63) is 64.3 Å². The van der Waals surface area contributed by atoms with E-state index in [1.54, 1.807) is 25.3 Å². The maximum atomic E-state index is 12.3. The molecule has 0 aliphatic heterocycles. The van der Waals surface area contributed by atoms with Gasteiger partial charge in [-0.15, -0.1) is 11.3 Å². The van der Waals surface area contributed by atoms with Gasteiger partial charge in [-0.05, 0) is 42.5 Å². The highest BCUT2D eigenvalue weighted by molar-refractivity contribution is 7.13. The van der Waals surface area contributed by atoms with Crippen LogP contribution in [0.4, 0.5) is 0 Å². The fraction of sp³-hybridized carbons (Fsp3) is 0.0526. The Morgan fingerprint density at radius 3 is 2.68 bits per heavy atom. The van der Waals surface area contributed by atoms with Crippen molar-refractivity contribution >= 4 is 22.3 Å². The normalized spacial score (nSPS) is 10.9. The molecule has 0 atom stereocenters. The zero-order valence-corrected chi connectivity index (χ0v) is 14.0. The van der Waals surface area contributed by atoms with Crippen molar-refractivity contribution in [1.29, 1.82) is 0 Å². The number of phenols is 1. The van der Waals surface area contributed by atoms with Crippen LogP contribution in [0, 0.1) is 0 Å². The van der Waals surface area contributed by atoms with Gasteiger partial charge in [-0.1, -0.05) is 0 Å². The molecule has 2 aromatic heterocycles. The topological polar surface area (TPSA) is 72.6 Å². The molecule has 4 rings (SSSR count). The van der Waals surface area contributed by atoms with Crippen molar-refractivity contribution in [2.75, 3.05) is 7.11 Å². The van der Waals surface area contributed by atoms with Gasteiger partial charge in [0.25, 0.3) is 0 Å². The molecule has 0 saturated heterocycles. The van der Waals surface area contributed by atoms with Gasteiger partial charge in [0.05, 0.1) is 18.4 Å². The quantitative estimate of drug-likeness (QED) is 0.557. The Kier molecular flexibility index (Phi) is 3.74. The van der Waals surface area contributed by atoms with Crippen molar-refractivity contribution in [3.8, 4) is 33.3 Å². The minimum Gasteiger partial charge on any atom is -0.508 e. The van der Waals surface area contributed by atoms with Crippen molar-refractivity contribution < 1.29 is 14.3 Å². The fourth-order valence-corrected chi connectivity index (χ4v) is 3.37. The number of aromatic nitrogens is 1. The van der Waals surface area contributed by atoms with Crippen LogP contribution < -0.4 is 10.4 Å². The molecule has 0 bridgehead atoms. The molecule has 0 unspecified atom stereocenters. The number of benzene rings is 2. The van der Waals surface area contributed by atoms with Gasteiger partial charge < -0.3 is 14.3 Å². The largest absolute Gasteiger partial charge is 0.508 e. The highest BCUT2D eigenvalue weighted by Gasteiger charge is 2.13. The number of methoxy groups -OCH3 is 1. The average Bonchev–Trinajstić information content (AvgIpc) is 3.11. The first kappa shape index (κ1) is 15.4. The number of hydrogen-bond donors (Lipinski definition) is 1. The van der Waals surface area contributed by atoms with Crippen LogP contribution in [0.1, 0.15) is 0 Å². The van der Waals surface area contributed by atoms with Crippen LogP contribution in [0.5, 0.6) is 11.5 Å². The summed E-state index contributed by atoms with van der Waals surface area (Å²) in [6.45, 7) is 0. The molecule has 0 aliphatic rings. The fourth-order valence-electron chi connectivity index (χ4n) is 2.54. The van der Waals surface area contributed by atoms with Gasteiger partial charge in [0.15, 0.2) is 0 Å². The van der Waals surface area contributed by atoms with Gasteiger partial charge in [-0.25, -0.2) is 9.78 Å². The van der Waals surface area contributed by atoms with Gasteiger partial charge >= 0.3 is 5.63 Å². The summed E-state index contributed by atoms with van der Waals surface area (Å²) in [5.74, 6) is 0.831. The molecule has 5 nitrogen and oxygen atoms in total. The van der Waals surface area contributed by atoms with Crippen LogP contribution in [0.25, 0.3) is 32.8 Å². The first-order valence-corrected chi connectivity index (χ1v) is 8.39. The van der Waals surface area contributed by atoms with Crippen LogP contribution in [0.2, 0.25) is 0 Å². The second-order valence-electron chi connectivity index (χ2n) is 5.44. The summed E-state index contributed by atoms with van der Waals surface area (Å²) in [5.41, 5.74) is 2.00. The maximum absolute atomic E-state index is 12.3. The zero-order valence-electron chi connectivity index (χ0n) is 13.2. The Labute approximate surface area is 146 Å². The lowest BCUT2D eigenvalue weighted by molar-refractivity contribution is 0.415. The van der Waals surface area contributed by atoms with Crippen molar-refractivity contribution in [2.24, 2.45) is 0 Å². The molecular formula is C19H13NO4S. The second kappa shape index (κ2) is 6.07. The van der Waals surface area contributed by atoms with E-state index < -0.39 is 5.63 Å². The average molecular weight is 351 g/mol. The lowest BCUT2D eigenvalue weighted by atomic mass is 10.1. The number of aromatic hydroxyl groups is 1. The lowest BCUT2D eigenvalue weighted by Gasteiger charge is -2.01. The first-order chi connectivity index (χ1) is 12.1. The highest BCUT2D eigenvalue weighted by atomic mass is 32.1. The van der Waals surface area contributed by atoms with E-state index in [1.807, 2.05) is 29.6 Å². The molecule has 124 valence electrons. The van der Waals surface area contributed by atoms with Crippen LogP contribution in [0.15, 0.2) is 63.1 Å². The highest BCUT2D eigenvalue weighted by Crippen LogP contribution is 2.30. The molecular weight excluding hydrogens is 338 g/mol. The van der Waals surface area contributed by atoms with E-state index in [-0.39, 0.29) is 5.75 Å². The van der Waals surface area contributed by atoms with Crippen molar-refractivity contribution in [3.63, 3.8) is 0 Å². The summed E-state index contributed by atoms with van der Waals surface area (Å²) in [4.78, 5) is 16.8. The third-order valence-electron chi connectivity index (χ3n) is 3.84. The molecule has 0 aliphatic carbocycles. The number of hydrogen-bond acceptors (Lipinski definition) is 6. The number of nitrogens with zero attached hydrogens (tertiary/aromatic N) is 1. The van der Waals surface area contributed by atoms with Crippen LogP contribution in [-0.2, 0) is 0 Å². The van der Waals surface area contributed by atoms with E-state index in [4.69, 9.17) is 9.15 Å². The molecule has 0 spiro atoms. The summed E-state index contributed by atoms with van der Waals surface area (Å²) >= 11 is 1.38. The van der Waals surface area contributed by atoms with Gasteiger partial charge in [0.2, 0.25) is 0 Å². The molecule has 0 fully saturated rings. The summed E-state index contributed by atoms with van der Waals surface area (Å²) in [5, 5.41) is 12.7.